The van der Waals surface area contributed by atoms with Gasteiger partial charge in [-0.3, -0.25) is 14.2 Å². The highest BCUT2D eigenvalue weighted by atomic mass is 19.1. The van der Waals surface area contributed by atoms with Gasteiger partial charge < -0.3 is 9.88 Å². The highest BCUT2D eigenvalue weighted by Gasteiger charge is 2.27. The summed E-state index contributed by atoms with van der Waals surface area (Å²) in [6, 6.07) is 15.4. The third-order valence-electron chi connectivity index (χ3n) is 5.27. The SMILES string of the molecule is O=C(Cn1cc(-c2ccccc2)c2ncn(C3CC3)c(=O)c21)Nc1ccc(F)cc1. The molecular weight excluding hydrogens is 383 g/mol. The molecule has 0 spiro atoms. The fourth-order valence-electron chi connectivity index (χ4n) is 3.65. The number of aromatic nitrogens is 3. The summed E-state index contributed by atoms with van der Waals surface area (Å²) in [6.45, 7) is -0.0493. The minimum absolute atomic E-state index is 0.0493. The molecule has 7 heteroatoms. The number of benzene rings is 2. The summed E-state index contributed by atoms with van der Waals surface area (Å²) >= 11 is 0. The number of carbonyl (C=O) groups is 1. The lowest BCUT2D eigenvalue weighted by Crippen LogP contribution is -2.24. The van der Waals surface area contributed by atoms with Crippen LogP contribution in [0.1, 0.15) is 18.9 Å². The maximum atomic E-state index is 13.2. The predicted molar refractivity (Wildman–Crippen MR) is 113 cm³/mol. The van der Waals surface area contributed by atoms with Gasteiger partial charge in [-0.25, -0.2) is 9.37 Å². The summed E-state index contributed by atoms with van der Waals surface area (Å²) in [4.78, 5) is 30.4. The molecule has 150 valence electrons. The molecule has 1 aliphatic carbocycles. The topological polar surface area (TPSA) is 68.9 Å². The Balaban J connectivity index is 1.56. The molecule has 2 heterocycles. The molecule has 1 fully saturated rings. The third kappa shape index (κ3) is 3.39. The van der Waals surface area contributed by atoms with Crippen LogP contribution >= 0.6 is 0 Å². The van der Waals surface area contributed by atoms with Crippen molar-refractivity contribution in [2.45, 2.75) is 25.4 Å². The molecule has 6 nitrogen and oxygen atoms in total. The second-order valence-corrected chi connectivity index (χ2v) is 7.48. The number of anilines is 1. The number of nitrogens with zero attached hydrogens (tertiary/aromatic N) is 3. The van der Waals surface area contributed by atoms with E-state index in [0.717, 1.165) is 24.0 Å². The van der Waals surface area contributed by atoms with Gasteiger partial charge in [0.2, 0.25) is 5.91 Å². The number of amides is 1. The quantitative estimate of drug-likeness (QED) is 0.549. The molecule has 2 aromatic carbocycles. The molecular formula is C23H19FN4O2. The summed E-state index contributed by atoms with van der Waals surface area (Å²) in [5, 5.41) is 2.74. The third-order valence-corrected chi connectivity index (χ3v) is 5.27. The molecule has 0 unspecified atom stereocenters. The lowest BCUT2D eigenvalue weighted by atomic mass is 10.1. The van der Waals surface area contributed by atoms with Crippen molar-refractivity contribution in [2.75, 3.05) is 5.32 Å². The van der Waals surface area contributed by atoms with Crippen molar-refractivity contribution < 1.29 is 9.18 Å². The maximum Gasteiger partial charge on any atom is 0.278 e. The Kier molecular flexibility index (Phi) is 4.43. The zero-order chi connectivity index (χ0) is 20.7. The van der Waals surface area contributed by atoms with E-state index in [4.69, 9.17) is 0 Å². The maximum absolute atomic E-state index is 13.2. The largest absolute Gasteiger partial charge is 0.332 e. The van der Waals surface area contributed by atoms with Crippen molar-refractivity contribution in [2.24, 2.45) is 0 Å². The van der Waals surface area contributed by atoms with Crippen LogP contribution in [0.15, 0.2) is 71.9 Å². The van der Waals surface area contributed by atoms with Gasteiger partial charge in [-0.2, -0.15) is 0 Å². The molecule has 0 radical (unpaired) electrons. The highest BCUT2D eigenvalue weighted by Crippen LogP contribution is 2.34. The first-order chi connectivity index (χ1) is 14.6. The van der Waals surface area contributed by atoms with Crippen molar-refractivity contribution in [1.82, 2.24) is 14.1 Å². The Bertz CT molecular complexity index is 1290. The average molecular weight is 402 g/mol. The molecule has 2 aromatic heterocycles. The first-order valence-corrected chi connectivity index (χ1v) is 9.81. The Morgan fingerprint density at radius 2 is 1.83 bits per heavy atom. The summed E-state index contributed by atoms with van der Waals surface area (Å²) in [5.74, 6) is -0.678. The van der Waals surface area contributed by atoms with Crippen molar-refractivity contribution >= 4 is 22.6 Å². The van der Waals surface area contributed by atoms with Gasteiger partial charge in [0, 0.05) is 23.5 Å². The Morgan fingerprint density at radius 3 is 2.53 bits per heavy atom. The van der Waals surface area contributed by atoms with Crippen LogP contribution < -0.4 is 10.9 Å². The minimum Gasteiger partial charge on any atom is -0.332 e. The molecule has 1 saturated carbocycles. The number of hydrogen-bond acceptors (Lipinski definition) is 3. The summed E-state index contributed by atoms with van der Waals surface area (Å²) in [6.07, 6.45) is 5.34. The Hall–Kier alpha value is -3.74. The van der Waals surface area contributed by atoms with E-state index in [1.165, 1.54) is 24.3 Å². The van der Waals surface area contributed by atoms with Gasteiger partial charge in [-0.15, -0.1) is 0 Å². The number of hydrogen-bond donors (Lipinski definition) is 1. The van der Waals surface area contributed by atoms with E-state index in [0.29, 0.717) is 16.7 Å². The van der Waals surface area contributed by atoms with Gasteiger partial charge >= 0.3 is 0 Å². The lowest BCUT2D eigenvalue weighted by Gasteiger charge is -2.08. The Morgan fingerprint density at radius 1 is 1.10 bits per heavy atom. The van der Waals surface area contributed by atoms with E-state index in [1.54, 1.807) is 21.7 Å². The summed E-state index contributed by atoms with van der Waals surface area (Å²) < 4.78 is 16.4. The second-order valence-electron chi connectivity index (χ2n) is 7.48. The van der Waals surface area contributed by atoms with E-state index < -0.39 is 0 Å². The first kappa shape index (κ1) is 18.3. The van der Waals surface area contributed by atoms with Gasteiger partial charge in [-0.05, 0) is 42.7 Å². The Labute approximate surface area is 171 Å². The molecule has 4 aromatic rings. The van der Waals surface area contributed by atoms with Gasteiger partial charge in [0.05, 0.1) is 6.33 Å². The lowest BCUT2D eigenvalue weighted by molar-refractivity contribution is -0.116. The molecule has 30 heavy (non-hydrogen) atoms. The number of rotatable bonds is 5. The predicted octanol–water partition coefficient (Wildman–Crippen LogP) is 3.98. The fourth-order valence-corrected chi connectivity index (χ4v) is 3.65. The standard InChI is InChI=1S/C23H19FN4O2/c24-16-6-8-17(9-7-16)26-20(29)13-27-12-19(15-4-2-1-3-5-15)21-22(27)23(30)28(14-25-21)18-10-11-18/h1-9,12,14,18H,10-11,13H2,(H,26,29). The molecule has 0 aliphatic heterocycles. The monoisotopic (exact) mass is 402 g/mol. The van der Waals surface area contributed by atoms with Crippen molar-refractivity contribution in [3.05, 3.63) is 83.3 Å². The van der Waals surface area contributed by atoms with Crippen LogP contribution in [0.5, 0.6) is 0 Å². The van der Waals surface area contributed by atoms with Gasteiger partial charge in [0.15, 0.2) is 0 Å². The van der Waals surface area contributed by atoms with E-state index >= 15 is 0 Å². The number of fused-ring (bicyclic) bond motifs is 1. The fraction of sp³-hybridized carbons (Fsp3) is 0.174. The highest BCUT2D eigenvalue weighted by molar-refractivity contribution is 5.95. The second kappa shape index (κ2) is 7.26. The van der Waals surface area contributed by atoms with Gasteiger partial charge in [-0.1, -0.05) is 30.3 Å². The molecule has 5 rings (SSSR count). The smallest absolute Gasteiger partial charge is 0.278 e. The van der Waals surface area contributed by atoms with Crippen LogP contribution in [0.2, 0.25) is 0 Å². The average Bonchev–Trinajstić information content (AvgIpc) is 3.52. The van der Waals surface area contributed by atoms with Crippen LogP contribution in [-0.2, 0) is 11.3 Å². The molecule has 1 N–H and O–H groups in total. The normalized spacial score (nSPS) is 13.5. The minimum atomic E-state index is -0.372. The van der Waals surface area contributed by atoms with Crippen LogP contribution in [0.25, 0.3) is 22.2 Å². The number of nitrogens with one attached hydrogen (secondary N) is 1. The van der Waals surface area contributed by atoms with Crippen molar-refractivity contribution in [3.8, 4) is 11.1 Å². The molecule has 0 atom stereocenters. The van der Waals surface area contributed by atoms with Crippen LogP contribution in [-0.4, -0.2) is 20.0 Å². The molecule has 1 amide bonds. The van der Waals surface area contributed by atoms with Crippen LogP contribution in [0.3, 0.4) is 0 Å². The number of halogens is 1. The van der Waals surface area contributed by atoms with E-state index in [9.17, 15) is 14.0 Å². The van der Waals surface area contributed by atoms with Crippen molar-refractivity contribution in [1.29, 1.82) is 0 Å². The molecule has 0 bridgehead atoms. The number of carbonyl (C=O) groups excluding carboxylic acids is 1. The molecule has 0 saturated heterocycles. The summed E-state index contributed by atoms with van der Waals surface area (Å²) in [7, 11) is 0. The molecule has 1 aliphatic rings. The zero-order valence-corrected chi connectivity index (χ0v) is 16.1. The van der Waals surface area contributed by atoms with Gasteiger partial charge in [0.25, 0.3) is 5.56 Å². The van der Waals surface area contributed by atoms with E-state index in [1.807, 2.05) is 30.3 Å². The van der Waals surface area contributed by atoms with Crippen molar-refractivity contribution in [3.63, 3.8) is 0 Å². The summed E-state index contributed by atoms with van der Waals surface area (Å²) in [5.41, 5.74) is 3.08. The van der Waals surface area contributed by atoms with E-state index in [-0.39, 0.29) is 29.9 Å². The van der Waals surface area contributed by atoms with Gasteiger partial charge in [0.1, 0.15) is 23.4 Å². The van der Waals surface area contributed by atoms with E-state index in [2.05, 4.69) is 10.3 Å². The van der Waals surface area contributed by atoms with Crippen LogP contribution in [0.4, 0.5) is 10.1 Å². The first-order valence-electron chi connectivity index (χ1n) is 9.81. The zero-order valence-electron chi connectivity index (χ0n) is 16.1. The van der Waals surface area contributed by atoms with Crippen LogP contribution in [0, 0.1) is 5.82 Å².